The standard InChI is InChI=1S/C8H14O3S/c1-6(2)7-5-12(10,11)4-3-8(7)9/h6-7H,3-5H2,1-2H3. The summed E-state index contributed by atoms with van der Waals surface area (Å²) in [7, 11) is -2.93. The van der Waals surface area contributed by atoms with E-state index in [2.05, 4.69) is 0 Å². The predicted molar refractivity (Wildman–Crippen MR) is 46.6 cm³/mol. The molecule has 1 atom stereocenters. The third-order valence-electron chi connectivity index (χ3n) is 2.31. The van der Waals surface area contributed by atoms with Gasteiger partial charge in [0.1, 0.15) is 5.78 Å². The fourth-order valence-corrected chi connectivity index (χ4v) is 3.25. The SMILES string of the molecule is CC(C)C1CS(=O)(=O)CCC1=O. The Morgan fingerprint density at radius 3 is 2.42 bits per heavy atom. The van der Waals surface area contributed by atoms with Crippen LogP contribution in [0, 0.1) is 11.8 Å². The molecule has 12 heavy (non-hydrogen) atoms. The molecule has 1 rings (SSSR count). The second kappa shape index (κ2) is 3.17. The second-order valence-corrected chi connectivity index (χ2v) is 5.91. The maximum absolute atomic E-state index is 11.3. The van der Waals surface area contributed by atoms with E-state index < -0.39 is 9.84 Å². The topological polar surface area (TPSA) is 51.2 Å². The minimum Gasteiger partial charge on any atom is -0.299 e. The van der Waals surface area contributed by atoms with E-state index in [0.717, 1.165) is 0 Å². The summed E-state index contributed by atoms with van der Waals surface area (Å²) >= 11 is 0. The molecule has 4 heteroatoms. The molecule has 1 aliphatic rings. The highest BCUT2D eigenvalue weighted by atomic mass is 32.2. The van der Waals surface area contributed by atoms with Crippen LogP contribution >= 0.6 is 0 Å². The highest BCUT2D eigenvalue weighted by Crippen LogP contribution is 2.21. The summed E-state index contributed by atoms with van der Waals surface area (Å²) in [6.07, 6.45) is 0.213. The number of hydrogen-bond acceptors (Lipinski definition) is 3. The molecule has 0 aromatic rings. The first-order valence-electron chi connectivity index (χ1n) is 4.15. The van der Waals surface area contributed by atoms with E-state index in [1.54, 1.807) is 0 Å². The molecule has 1 aliphatic heterocycles. The molecule has 0 N–H and O–H groups in total. The maximum Gasteiger partial charge on any atom is 0.151 e. The summed E-state index contributed by atoms with van der Waals surface area (Å²) in [5.74, 6) is 0.106. The Bertz CT molecular complexity index is 277. The number of Topliss-reactive ketones (excluding diaryl/α,β-unsaturated/α-hetero) is 1. The molecule has 3 nitrogen and oxygen atoms in total. The Labute approximate surface area is 73.1 Å². The molecule has 0 spiro atoms. The Balaban J connectivity index is 2.80. The van der Waals surface area contributed by atoms with Crippen LogP contribution in [0.4, 0.5) is 0 Å². The van der Waals surface area contributed by atoms with Crippen molar-refractivity contribution < 1.29 is 13.2 Å². The molecular formula is C8H14O3S. The van der Waals surface area contributed by atoms with E-state index in [-0.39, 0.29) is 35.5 Å². The fraction of sp³-hybridized carbons (Fsp3) is 0.875. The molecule has 0 aromatic carbocycles. The zero-order valence-electron chi connectivity index (χ0n) is 7.41. The molecule has 0 amide bonds. The van der Waals surface area contributed by atoms with Crippen molar-refractivity contribution in [3.05, 3.63) is 0 Å². The quantitative estimate of drug-likeness (QED) is 0.610. The normalized spacial score (nSPS) is 29.2. The first kappa shape index (κ1) is 9.71. The van der Waals surface area contributed by atoms with Gasteiger partial charge in [-0.3, -0.25) is 4.79 Å². The third-order valence-corrected chi connectivity index (χ3v) is 4.00. The van der Waals surface area contributed by atoms with Crippen molar-refractivity contribution in [1.29, 1.82) is 0 Å². The molecule has 1 unspecified atom stereocenters. The van der Waals surface area contributed by atoms with Crippen LogP contribution in [0.3, 0.4) is 0 Å². The molecule has 0 saturated carbocycles. The lowest BCUT2D eigenvalue weighted by molar-refractivity contribution is -0.123. The van der Waals surface area contributed by atoms with Crippen molar-refractivity contribution in [1.82, 2.24) is 0 Å². The van der Waals surface area contributed by atoms with Crippen molar-refractivity contribution in [2.75, 3.05) is 11.5 Å². The van der Waals surface area contributed by atoms with Gasteiger partial charge in [0, 0.05) is 12.3 Å². The number of sulfone groups is 1. The van der Waals surface area contributed by atoms with Crippen molar-refractivity contribution in [2.45, 2.75) is 20.3 Å². The highest BCUT2D eigenvalue weighted by Gasteiger charge is 2.33. The monoisotopic (exact) mass is 190 g/mol. The van der Waals surface area contributed by atoms with Gasteiger partial charge >= 0.3 is 0 Å². The number of ketones is 1. The van der Waals surface area contributed by atoms with Crippen molar-refractivity contribution in [3.63, 3.8) is 0 Å². The molecule has 1 fully saturated rings. The van der Waals surface area contributed by atoms with Crippen LogP contribution in [0.1, 0.15) is 20.3 Å². The number of hydrogen-bond donors (Lipinski definition) is 0. The van der Waals surface area contributed by atoms with Gasteiger partial charge in [-0.15, -0.1) is 0 Å². The molecule has 0 aliphatic carbocycles. The van der Waals surface area contributed by atoms with Gasteiger partial charge in [-0.25, -0.2) is 8.42 Å². The van der Waals surface area contributed by atoms with Crippen LogP contribution in [-0.2, 0) is 14.6 Å². The van der Waals surface area contributed by atoms with E-state index in [1.165, 1.54) is 0 Å². The van der Waals surface area contributed by atoms with Gasteiger partial charge in [-0.2, -0.15) is 0 Å². The van der Waals surface area contributed by atoms with Crippen molar-refractivity contribution in [2.24, 2.45) is 11.8 Å². The lowest BCUT2D eigenvalue weighted by atomic mass is 9.92. The summed E-state index contributed by atoms with van der Waals surface area (Å²) in [5, 5.41) is 0. The summed E-state index contributed by atoms with van der Waals surface area (Å²) in [5.41, 5.74) is 0. The zero-order valence-corrected chi connectivity index (χ0v) is 8.23. The van der Waals surface area contributed by atoms with E-state index in [4.69, 9.17) is 0 Å². The molecule has 1 heterocycles. The predicted octanol–water partition coefficient (Wildman–Crippen LogP) is 0.646. The van der Waals surface area contributed by atoms with E-state index in [1.807, 2.05) is 13.8 Å². The zero-order chi connectivity index (χ0) is 9.35. The van der Waals surface area contributed by atoms with Crippen LogP contribution in [0.15, 0.2) is 0 Å². The van der Waals surface area contributed by atoms with Gasteiger partial charge < -0.3 is 0 Å². The average molecular weight is 190 g/mol. The van der Waals surface area contributed by atoms with Gasteiger partial charge in [0.2, 0.25) is 0 Å². The van der Waals surface area contributed by atoms with E-state index in [9.17, 15) is 13.2 Å². The largest absolute Gasteiger partial charge is 0.299 e. The fourth-order valence-electron chi connectivity index (χ4n) is 1.46. The molecule has 0 radical (unpaired) electrons. The van der Waals surface area contributed by atoms with Crippen LogP contribution in [0.25, 0.3) is 0 Å². The van der Waals surface area contributed by atoms with Gasteiger partial charge in [0.25, 0.3) is 0 Å². The number of carbonyl (C=O) groups excluding carboxylic acids is 1. The van der Waals surface area contributed by atoms with Crippen molar-refractivity contribution >= 4 is 15.6 Å². The summed E-state index contributed by atoms with van der Waals surface area (Å²) in [4.78, 5) is 11.3. The van der Waals surface area contributed by atoms with Gasteiger partial charge in [-0.1, -0.05) is 13.8 Å². The van der Waals surface area contributed by atoms with E-state index >= 15 is 0 Å². The van der Waals surface area contributed by atoms with E-state index in [0.29, 0.717) is 0 Å². The summed E-state index contributed by atoms with van der Waals surface area (Å²) in [6, 6.07) is 0. The maximum atomic E-state index is 11.3. The summed E-state index contributed by atoms with van der Waals surface area (Å²) in [6.45, 7) is 3.78. The smallest absolute Gasteiger partial charge is 0.151 e. The molecule has 0 bridgehead atoms. The van der Waals surface area contributed by atoms with Gasteiger partial charge in [0.15, 0.2) is 9.84 Å². The lowest BCUT2D eigenvalue weighted by Crippen LogP contribution is -2.35. The Morgan fingerprint density at radius 1 is 1.42 bits per heavy atom. The van der Waals surface area contributed by atoms with Crippen LogP contribution in [-0.4, -0.2) is 25.7 Å². The molecule has 0 aromatic heterocycles. The third kappa shape index (κ3) is 2.06. The highest BCUT2D eigenvalue weighted by molar-refractivity contribution is 7.91. The minimum atomic E-state index is -2.93. The average Bonchev–Trinajstić information content (AvgIpc) is 1.94. The first-order chi connectivity index (χ1) is 5.42. The summed E-state index contributed by atoms with van der Waals surface area (Å²) < 4.78 is 22.3. The second-order valence-electron chi connectivity index (χ2n) is 3.68. The molecule has 70 valence electrons. The number of carbonyl (C=O) groups is 1. The molecular weight excluding hydrogens is 176 g/mol. The Hall–Kier alpha value is -0.380. The van der Waals surface area contributed by atoms with Crippen molar-refractivity contribution in [3.8, 4) is 0 Å². The number of rotatable bonds is 1. The van der Waals surface area contributed by atoms with Gasteiger partial charge in [0.05, 0.1) is 11.5 Å². The Kier molecular flexibility index (Phi) is 2.56. The van der Waals surface area contributed by atoms with Crippen LogP contribution < -0.4 is 0 Å². The first-order valence-corrected chi connectivity index (χ1v) is 5.97. The minimum absolute atomic E-state index is 0.0506. The van der Waals surface area contributed by atoms with Crippen LogP contribution in [0.5, 0.6) is 0 Å². The Morgan fingerprint density at radius 2 is 2.00 bits per heavy atom. The molecule has 1 saturated heterocycles. The lowest BCUT2D eigenvalue weighted by Gasteiger charge is -2.23. The van der Waals surface area contributed by atoms with Gasteiger partial charge in [-0.05, 0) is 5.92 Å². The van der Waals surface area contributed by atoms with Crippen LogP contribution in [0.2, 0.25) is 0 Å².